The molecule has 2 unspecified atom stereocenters. The van der Waals surface area contributed by atoms with Gasteiger partial charge >= 0.3 is 0 Å². The van der Waals surface area contributed by atoms with Crippen LogP contribution in [0.5, 0.6) is 0 Å². The molecule has 1 nitrogen and oxygen atoms in total. The van der Waals surface area contributed by atoms with Crippen molar-refractivity contribution in [1.82, 2.24) is 0 Å². The summed E-state index contributed by atoms with van der Waals surface area (Å²) in [6.45, 7) is 4.43. The third-order valence-corrected chi connectivity index (χ3v) is 5.80. The average Bonchev–Trinajstić information content (AvgIpc) is 2.51. The topological polar surface area (TPSA) is 12.0 Å². The highest BCUT2D eigenvalue weighted by molar-refractivity contribution is 5.52. The fourth-order valence-corrected chi connectivity index (χ4v) is 4.64. The van der Waals surface area contributed by atoms with Gasteiger partial charge in [0.1, 0.15) is 0 Å². The molecule has 2 atom stereocenters. The Morgan fingerprint density at radius 1 is 0.857 bits per heavy atom. The smallest absolute Gasteiger partial charge is 0.0372 e. The molecule has 1 aromatic rings. The zero-order valence-corrected chi connectivity index (χ0v) is 13.8. The van der Waals surface area contributed by atoms with E-state index in [0.717, 1.165) is 11.8 Å². The van der Waals surface area contributed by atoms with Gasteiger partial charge in [0, 0.05) is 11.7 Å². The van der Waals surface area contributed by atoms with Crippen molar-refractivity contribution in [2.75, 3.05) is 5.32 Å². The predicted molar refractivity (Wildman–Crippen MR) is 91.9 cm³/mol. The molecule has 0 spiro atoms. The quantitative estimate of drug-likeness (QED) is 0.734. The monoisotopic (exact) mass is 285 g/mol. The van der Waals surface area contributed by atoms with Crippen molar-refractivity contribution >= 4 is 5.69 Å². The van der Waals surface area contributed by atoms with Gasteiger partial charge in [-0.3, -0.25) is 0 Å². The summed E-state index contributed by atoms with van der Waals surface area (Å²) in [7, 11) is 0. The summed E-state index contributed by atoms with van der Waals surface area (Å²) < 4.78 is 0. The number of hydrogen-bond donors (Lipinski definition) is 1. The Balaban J connectivity index is 1.71. The molecule has 1 aromatic carbocycles. The average molecular weight is 285 g/mol. The number of aryl methyl sites for hydroxylation is 2. The molecule has 1 heteroatoms. The van der Waals surface area contributed by atoms with Crippen molar-refractivity contribution in [3.63, 3.8) is 0 Å². The van der Waals surface area contributed by atoms with Crippen LogP contribution in [-0.4, -0.2) is 6.04 Å². The molecular formula is C20H31N. The van der Waals surface area contributed by atoms with E-state index < -0.39 is 0 Å². The fourth-order valence-electron chi connectivity index (χ4n) is 4.64. The maximum Gasteiger partial charge on any atom is 0.0372 e. The van der Waals surface area contributed by atoms with Crippen molar-refractivity contribution in [1.29, 1.82) is 0 Å². The standard InChI is InChI=1S/C20H31N/c1-15-12-13-19(16(2)14-15)21-20-11-7-6-10-18(20)17-8-4-3-5-9-17/h12-14,17-18,20-21H,3-11H2,1-2H3. The van der Waals surface area contributed by atoms with Crippen LogP contribution in [0.4, 0.5) is 5.69 Å². The van der Waals surface area contributed by atoms with E-state index in [-0.39, 0.29) is 0 Å². The van der Waals surface area contributed by atoms with Crippen LogP contribution >= 0.6 is 0 Å². The third-order valence-electron chi connectivity index (χ3n) is 5.80. The van der Waals surface area contributed by atoms with Crippen LogP contribution < -0.4 is 5.32 Å². The number of nitrogens with one attached hydrogen (secondary N) is 1. The Morgan fingerprint density at radius 2 is 1.57 bits per heavy atom. The van der Waals surface area contributed by atoms with Gasteiger partial charge in [0.15, 0.2) is 0 Å². The van der Waals surface area contributed by atoms with Crippen molar-refractivity contribution in [2.24, 2.45) is 11.8 Å². The molecule has 1 N–H and O–H groups in total. The van der Waals surface area contributed by atoms with E-state index in [4.69, 9.17) is 0 Å². The summed E-state index contributed by atoms with van der Waals surface area (Å²) in [4.78, 5) is 0. The molecule has 0 aromatic heterocycles. The molecule has 0 amide bonds. The third kappa shape index (κ3) is 3.62. The zero-order valence-electron chi connectivity index (χ0n) is 13.8. The van der Waals surface area contributed by atoms with E-state index in [1.807, 2.05) is 0 Å². The van der Waals surface area contributed by atoms with Gasteiger partial charge in [0.25, 0.3) is 0 Å². The minimum atomic E-state index is 0.711. The highest BCUT2D eigenvalue weighted by Gasteiger charge is 2.32. The van der Waals surface area contributed by atoms with Gasteiger partial charge in [-0.05, 0) is 50.2 Å². The lowest BCUT2D eigenvalue weighted by atomic mass is 9.71. The summed E-state index contributed by atoms with van der Waals surface area (Å²) in [6, 6.07) is 7.55. The Morgan fingerprint density at radius 3 is 2.33 bits per heavy atom. The second-order valence-electron chi connectivity index (χ2n) is 7.42. The summed E-state index contributed by atoms with van der Waals surface area (Å²) in [5.74, 6) is 1.90. The molecule has 0 bridgehead atoms. The van der Waals surface area contributed by atoms with Gasteiger partial charge in [-0.1, -0.05) is 62.6 Å². The van der Waals surface area contributed by atoms with Crippen LogP contribution in [0.1, 0.15) is 68.9 Å². The summed E-state index contributed by atoms with van der Waals surface area (Å²) in [5.41, 5.74) is 4.14. The Labute approximate surface area is 130 Å². The molecule has 116 valence electrons. The van der Waals surface area contributed by atoms with Gasteiger partial charge in [-0.25, -0.2) is 0 Å². The molecule has 0 heterocycles. The highest BCUT2D eigenvalue weighted by Crippen LogP contribution is 2.39. The predicted octanol–water partition coefficient (Wildman–Crippen LogP) is 5.85. The SMILES string of the molecule is Cc1ccc(NC2CCCCC2C2CCCCC2)c(C)c1. The second-order valence-corrected chi connectivity index (χ2v) is 7.42. The number of hydrogen-bond acceptors (Lipinski definition) is 1. The largest absolute Gasteiger partial charge is 0.382 e. The van der Waals surface area contributed by atoms with Gasteiger partial charge in [-0.15, -0.1) is 0 Å². The molecule has 0 radical (unpaired) electrons. The minimum Gasteiger partial charge on any atom is -0.382 e. The van der Waals surface area contributed by atoms with Gasteiger partial charge < -0.3 is 5.32 Å². The van der Waals surface area contributed by atoms with Crippen LogP contribution in [0, 0.1) is 25.7 Å². The van der Waals surface area contributed by atoms with Crippen molar-refractivity contribution in [3.05, 3.63) is 29.3 Å². The molecule has 3 rings (SSSR count). The van der Waals surface area contributed by atoms with Crippen LogP contribution in [0.15, 0.2) is 18.2 Å². The van der Waals surface area contributed by atoms with Crippen molar-refractivity contribution in [2.45, 2.75) is 77.7 Å². The van der Waals surface area contributed by atoms with E-state index in [9.17, 15) is 0 Å². The molecule has 2 fully saturated rings. The number of benzene rings is 1. The molecule has 2 aliphatic rings. The van der Waals surface area contributed by atoms with E-state index in [2.05, 4.69) is 37.4 Å². The Bertz CT molecular complexity index is 459. The van der Waals surface area contributed by atoms with Gasteiger partial charge in [0.2, 0.25) is 0 Å². The van der Waals surface area contributed by atoms with E-state index in [1.54, 1.807) is 0 Å². The lowest BCUT2D eigenvalue weighted by Gasteiger charge is -2.40. The van der Waals surface area contributed by atoms with Crippen LogP contribution in [0.25, 0.3) is 0 Å². The van der Waals surface area contributed by atoms with Gasteiger partial charge in [-0.2, -0.15) is 0 Å². The highest BCUT2D eigenvalue weighted by atomic mass is 14.9. The summed E-state index contributed by atoms with van der Waals surface area (Å²) in [6.07, 6.45) is 13.1. The number of anilines is 1. The van der Waals surface area contributed by atoms with Crippen molar-refractivity contribution < 1.29 is 0 Å². The normalized spacial score (nSPS) is 27.5. The number of rotatable bonds is 3. The van der Waals surface area contributed by atoms with E-state index in [0.29, 0.717) is 6.04 Å². The van der Waals surface area contributed by atoms with Crippen molar-refractivity contribution in [3.8, 4) is 0 Å². The Kier molecular flexibility index (Phi) is 4.87. The first kappa shape index (κ1) is 14.9. The molecular weight excluding hydrogens is 254 g/mol. The van der Waals surface area contributed by atoms with E-state index in [1.165, 1.54) is 74.6 Å². The van der Waals surface area contributed by atoms with E-state index >= 15 is 0 Å². The molecule has 2 saturated carbocycles. The lowest BCUT2D eigenvalue weighted by Crippen LogP contribution is -2.37. The molecule has 0 aliphatic heterocycles. The second kappa shape index (κ2) is 6.85. The van der Waals surface area contributed by atoms with Crippen LogP contribution in [0.3, 0.4) is 0 Å². The fraction of sp³-hybridized carbons (Fsp3) is 0.700. The first-order chi connectivity index (χ1) is 10.2. The summed E-state index contributed by atoms with van der Waals surface area (Å²) in [5, 5.41) is 3.92. The maximum atomic E-state index is 3.92. The minimum absolute atomic E-state index is 0.711. The van der Waals surface area contributed by atoms with Crippen LogP contribution in [-0.2, 0) is 0 Å². The first-order valence-electron chi connectivity index (χ1n) is 9.08. The van der Waals surface area contributed by atoms with Gasteiger partial charge in [0.05, 0.1) is 0 Å². The first-order valence-corrected chi connectivity index (χ1v) is 9.08. The lowest BCUT2D eigenvalue weighted by molar-refractivity contribution is 0.180. The zero-order chi connectivity index (χ0) is 14.7. The Hall–Kier alpha value is -0.980. The van der Waals surface area contributed by atoms with Crippen LogP contribution in [0.2, 0.25) is 0 Å². The molecule has 2 aliphatic carbocycles. The summed E-state index contributed by atoms with van der Waals surface area (Å²) >= 11 is 0. The maximum absolute atomic E-state index is 3.92. The molecule has 21 heavy (non-hydrogen) atoms. The molecule has 0 saturated heterocycles.